The minimum atomic E-state index is 0.609. The highest BCUT2D eigenvalue weighted by Crippen LogP contribution is 2.17. The smallest absolute Gasteiger partial charge is 0.0756 e. The second kappa shape index (κ2) is 8.02. The highest BCUT2D eigenvalue weighted by atomic mass is 31.1. The molecular formula is C16H19OP. The van der Waals surface area contributed by atoms with Crippen LogP contribution in [0.15, 0.2) is 60.7 Å². The van der Waals surface area contributed by atoms with Gasteiger partial charge in [-0.25, -0.2) is 0 Å². The van der Waals surface area contributed by atoms with E-state index in [-0.39, 0.29) is 0 Å². The number of hydrogen-bond acceptors (Lipinski definition) is 1. The first kappa shape index (κ1) is 13.3. The standard InChI is InChI=1S/C16H19OP/c1-3-8-15(9-4-1)12-7-13-18-17-14-16-10-5-2-6-11-16/h1-6,8-11,18H,7,12-14H2. The van der Waals surface area contributed by atoms with E-state index in [9.17, 15) is 0 Å². The molecule has 0 aliphatic rings. The van der Waals surface area contributed by atoms with Crippen LogP contribution in [0.1, 0.15) is 17.5 Å². The van der Waals surface area contributed by atoms with Crippen LogP contribution in [0.3, 0.4) is 0 Å². The van der Waals surface area contributed by atoms with Crippen molar-refractivity contribution in [2.45, 2.75) is 19.4 Å². The van der Waals surface area contributed by atoms with Gasteiger partial charge < -0.3 is 4.52 Å². The maximum Gasteiger partial charge on any atom is 0.0756 e. The van der Waals surface area contributed by atoms with Crippen LogP contribution >= 0.6 is 8.81 Å². The summed E-state index contributed by atoms with van der Waals surface area (Å²) in [6.07, 6.45) is 3.52. The minimum absolute atomic E-state index is 0.609. The molecule has 0 N–H and O–H groups in total. The van der Waals surface area contributed by atoms with Crippen LogP contribution in [-0.2, 0) is 17.6 Å². The Balaban J connectivity index is 1.54. The van der Waals surface area contributed by atoms with Gasteiger partial charge >= 0.3 is 0 Å². The fraction of sp³-hybridized carbons (Fsp3) is 0.250. The van der Waals surface area contributed by atoms with Gasteiger partial charge in [-0.2, -0.15) is 0 Å². The zero-order valence-electron chi connectivity index (χ0n) is 10.5. The lowest BCUT2D eigenvalue weighted by molar-refractivity contribution is 0.351. The molecule has 0 fully saturated rings. The SMILES string of the molecule is c1ccc(CCCPOCc2ccccc2)cc1. The molecule has 1 nitrogen and oxygen atoms in total. The fourth-order valence-electron chi connectivity index (χ4n) is 1.79. The van der Waals surface area contributed by atoms with E-state index in [2.05, 4.69) is 54.6 Å². The minimum Gasteiger partial charge on any atom is -0.358 e. The van der Waals surface area contributed by atoms with Crippen molar-refractivity contribution in [2.24, 2.45) is 0 Å². The Morgan fingerprint density at radius 3 is 2.06 bits per heavy atom. The first-order valence-electron chi connectivity index (χ1n) is 6.37. The molecular weight excluding hydrogens is 239 g/mol. The highest BCUT2D eigenvalue weighted by Gasteiger charge is 1.94. The fourth-order valence-corrected chi connectivity index (χ4v) is 2.52. The maximum absolute atomic E-state index is 5.69. The van der Waals surface area contributed by atoms with Crippen molar-refractivity contribution in [2.75, 3.05) is 6.16 Å². The number of aryl methyl sites for hydroxylation is 1. The molecule has 1 unspecified atom stereocenters. The molecule has 0 aliphatic carbocycles. The average Bonchev–Trinajstić information content (AvgIpc) is 2.45. The van der Waals surface area contributed by atoms with Gasteiger partial charge in [-0.15, -0.1) is 0 Å². The van der Waals surface area contributed by atoms with Crippen LogP contribution < -0.4 is 0 Å². The molecule has 0 heterocycles. The molecule has 2 heteroatoms. The molecule has 0 amide bonds. The zero-order chi connectivity index (χ0) is 12.5. The zero-order valence-corrected chi connectivity index (χ0v) is 11.5. The molecule has 94 valence electrons. The van der Waals surface area contributed by atoms with Gasteiger partial charge in [0.15, 0.2) is 0 Å². The molecule has 0 bridgehead atoms. The third-order valence-electron chi connectivity index (χ3n) is 2.77. The van der Waals surface area contributed by atoms with E-state index in [4.69, 9.17) is 4.52 Å². The third kappa shape index (κ3) is 5.00. The molecule has 2 rings (SSSR count). The van der Waals surface area contributed by atoms with E-state index in [1.165, 1.54) is 17.5 Å². The summed E-state index contributed by atoms with van der Waals surface area (Å²) in [7, 11) is 0.609. The molecule has 0 aliphatic heterocycles. The predicted molar refractivity (Wildman–Crippen MR) is 79.2 cm³/mol. The van der Waals surface area contributed by atoms with Crippen LogP contribution in [0.2, 0.25) is 0 Å². The quantitative estimate of drug-likeness (QED) is 0.527. The van der Waals surface area contributed by atoms with E-state index in [1.807, 2.05) is 6.07 Å². The molecule has 1 atom stereocenters. The second-order valence-electron chi connectivity index (χ2n) is 4.26. The monoisotopic (exact) mass is 258 g/mol. The van der Waals surface area contributed by atoms with Crippen LogP contribution in [0.5, 0.6) is 0 Å². The summed E-state index contributed by atoms with van der Waals surface area (Å²) in [5.74, 6) is 0. The maximum atomic E-state index is 5.69. The first-order valence-corrected chi connectivity index (χ1v) is 7.49. The van der Waals surface area contributed by atoms with Crippen LogP contribution in [0, 0.1) is 0 Å². The number of benzene rings is 2. The van der Waals surface area contributed by atoms with Crippen LogP contribution in [-0.4, -0.2) is 6.16 Å². The normalized spacial score (nSPS) is 11.1. The lowest BCUT2D eigenvalue weighted by Crippen LogP contribution is -1.88. The summed E-state index contributed by atoms with van der Waals surface area (Å²) in [5, 5.41) is 0. The van der Waals surface area contributed by atoms with E-state index in [0.29, 0.717) is 8.81 Å². The summed E-state index contributed by atoms with van der Waals surface area (Å²) in [6, 6.07) is 21.0. The van der Waals surface area contributed by atoms with E-state index < -0.39 is 0 Å². The topological polar surface area (TPSA) is 9.23 Å². The van der Waals surface area contributed by atoms with Gasteiger partial charge in [0.05, 0.1) is 6.61 Å². The predicted octanol–water partition coefficient (Wildman–Crippen LogP) is 4.43. The van der Waals surface area contributed by atoms with Crippen LogP contribution in [0.25, 0.3) is 0 Å². The highest BCUT2D eigenvalue weighted by molar-refractivity contribution is 7.32. The second-order valence-corrected chi connectivity index (χ2v) is 5.34. The van der Waals surface area contributed by atoms with Crippen molar-refractivity contribution >= 4 is 8.81 Å². The van der Waals surface area contributed by atoms with Crippen molar-refractivity contribution in [3.05, 3.63) is 71.8 Å². The number of hydrogen-bond donors (Lipinski definition) is 0. The molecule has 2 aromatic rings. The summed E-state index contributed by atoms with van der Waals surface area (Å²) < 4.78 is 5.69. The van der Waals surface area contributed by atoms with Crippen molar-refractivity contribution < 1.29 is 4.52 Å². The van der Waals surface area contributed by atoms with E-state index in [0.717, 1.165) is 19.2 Å². The molecule has 18 heavy (non-hydrogen) atoms. The van der Waals surface area contributed by atoms with Gasteiger partial charge in [0.2, 0.25) is 0 Å². The molecule has 0 saturated heterocycles. The Morgan fingerprint density at radius 2 is 1.39 bits per heavy atom. The van der Waals surface area contributed by atoms with Gasteiger partial charge in [-0.1, -0.05) is 60.7 Å². The van der Waals surface area contributed by atoms with Gasteiger partial charge in [-0.3, -0.25) is 0 Å². The lowest BCUT2D eigenvalue weighted by Gasteiger charge is -2.04. The Morgan fingerprint density at radius 1 is 0.778 bits per heavy atom. The largest absolute Gasteiger partial charge is 0.358 e. The Hall–Kier alpha value is -1.17. The van der Waals surface area contributed by atoms with Gasteiger partial charge in [0, 0.05) is 8.81 Å². The average molecular weight is 258 g/mol. The third-order valence-corrected chi connectivity index (χ3v) is 3.68. The first-order chi connectivity index (χ1) is 8.95. The molecule has 0 spiro atoms. The number of rotatable bonds is 7. The summed E-state index contributed by atoms with van der Waals surface area (Å²) in [5.41, 5.74) is 2.68. The Labute approximate surface area is 111 Å². The Kier molecular flexibility index (Phi) is 5.91. The van der Waals surface area contributed by atoms with Crippen LogP contribution in [0.4, 0.5) is 0 Å². The van der Waals surface area contributed by atoms with Crippen molar-refractivity contribution in [1.29, 1.82) is 0 Å². The summed E-state index contributed by atoms with van der Waals surface area (Å²) in [6.45, 7) is 0.741. The van der Waals surface area contributed by atoms with Gasteiger partial charge in [-0.05, 0) is 30.1 Å². The molecule has 0 aromatic heterocycles. The lowest BCUT2D eigenvalue weighted by atomic mass is 10.1. The van der Waals surface area contributed by atoms with E-state index >= 15 is 0 Å². The van der Waals surface area contributed by atoms with Gasteiger partial charge in [0.25, 0.3) is 0 Å². The summed E-state index contributed by atoms with van der Waals surface area (Å²) >= 11 is 0. The van der Waals surface area contributed by atoms with Gasteiger partial charge in [0.1, 0.15) is 0 Å². The summed E-state index contributed by atoms with van der Waals surface area (Å²) in [4.78, 5) is 0. The van der Waals surface area contributed by atoms with Crippen molar-refractivity contribution in [3.63, 3.8) is 0 Å². The Bertz CT molecular complexity index is 384. The molecule has 0 radical (unpaired) electrons. The van der Waals surface area contributed by atoms with Crippen molar-refractivity contribution in [1.82, 2.24) is 0 Å². The molecule has 0 saturated carbocycles. The van der Waals surface area contributed by atoms with Crippen molar-refractivity contribution in [3.8, 4) is 0 Å². The molecule has 2 aromatic carbocycles. The van der Waals surface area contributed by atoms with E-state index in [1.54, 1.807) is 0 Å².